The highest BCUT2D eigenvalue weighted by Gasteiger charge is 2.28. The van der Waals surface area contributed by atoms with E-state index < -0.39 is 0 Å². The molecule has 1 aliphatic heterocycles. The summed E-state index contributed by atoms with van der Waals surface area (Å²) in [6.07, 6.45) is 2.40. The molecule has 4 N–H and O–H groups in total. The molecule has 1 aliphatic rings. The molecule has 2 atom stereocenters. The lowest BCUT2D eigenvalue weighted by Crippen LogP contribution is -2.45. The molecule has 32 heavy (non-hydrogen) atoms. The second-order valence-corrected chi connectivity index (χ2v) is 7.77. The summed E-state index contributed by atoms with van der Waals surface area (Å²) in [5, 5.41) is 5.68. The fraction of sp³-hybridized carbons (Fsp3) is 0.250. The maximum atomic E-state index is 12.7. The number of anilines is 1. The second kappa shape index (κ2) is 10.2. The van der Waals surface area contributed by atoms with Crippen molar-refractivity contribution < 1.29 is 14.0 Å². The zero-order valence-corrected chi connectivity index (χ0v) is 17.9. The number of likely N-dealkylation sites (N-methyl/N-ethyl adjacent to an activating group) is 1. The molecule has 0 aliphatic carbocycles. The molecule has 4 rings (SSSR count). The predicted octanol–water partition coefficient (Wildman–Crippen LogP) is 2.65. The van der Waals surface area contributed by atoms with Crippen LogP contribution < -0.4 is 21.5 Å². The van der Waals surface area contributed by atoms with Gasteiger partial charge in [-0.3, -0.25) is 14.5 Å². The van der Waals surface area contributed by atoms with Gasteiger partial charge in [-0.2, -0.15) is 0 Å². The average Bonchev–Trinajstić information content (AvgIpc) is 3.51. The summed E-state index contributed by atoms with van der Waals surface area (Å²) in [5.74, 6) is 0.190. The molecular weight excluding hydrogens is 406 g/mol. The summed E-state index contributed by atoms with van der Waals surface area (Å²) < 4.78 is 5.24. The molecule has 166 valence electrons. The predicted molar refractivity (Wildman–Crippen MR) is 121 cm³/mol. The molecule has 2 heterocycles. The van der Waals surface area contributed by atoms with Crippen molar-refractivity contribution in [2.24, 2.45) is 0 Å². The van der Waals surface area contributed by atoms with Gasteiger partial charge in [0.1, 0.15) is 5.76 Å². The van der Waals surface area contributed by atoms with Gasteiger partial charge >= 0.3 is 0 Å². The quantitative estimate of drug-likeness (QED) is 0.436. The van der Waals surface area contributed by atoms with E-state index in [-0.39, 0.29) is 37.1 Å². The van der Waals surface area contributed by atoms with Gasteiger partial charge in [-0.25, -0.2) is 10.9 Å². The van der Waals surface area contributed by atoms with Gasteiger partial charge in [0.05, 0.1) is 36.8 Å². The maximum absolute atomic E-state index is 12.7. The molecule has 3 aromatic rings. The summed E-state index contributed by atoms with van der Waals surface area (Å²) in [6, 6.07) is 20.9. The van der Waals surface area contributed by atoms with Crippen molar-refractivity contribution in [2.75, 3.05) is 18.9 Å². The van der Waals surface area contributed by atoms with Crippen LogP contribution in [-0.2, 0) is 11.3 Å². The lowest BCUT2D eigenvalue weighted by Gasteiger charge is -2.23. The Balaban J connectivity index is 1.31. The number of furan rings is 1. The zero-order valence-electron chi connectivity index (χ0n) is 17.9. The first-order valence-electron chi connectivity index (χ1n) is 10.6. The topological polar surface area (TPSA) is 98.6 Å². The Hall–Kier alpha value is -3.46. The Bertz CT molecular complexity index is 1040. The molecule has 8 heteroatoms. The summed E-state index contributed by atoms with van der Waals surface area (Å²) >= 11 is 0. The SMILES string of the molecule is CN(CC(=O)Nc1ccccc1C(=O)NCc1ccco1)C1CC(c2ccccc2)NN1. The standard InChI is InChI=1S/C24H27N5O3/c1-29(22-14-21(27-28-22)17-8-3-2-4-9-17)16-23(30)26-20-12-6-5-11-19(20)24(31)25-15-18-10-7-13-32-18/h2-13,21-22,27-28H,14-16H2,1H3,(H,25,31)(H,26,30). The molecule has 8 nitrogen and oxygen atoms in total. The van der Waals surface area contributed by atoms with Gasteiger partial charge in [-0.05, 0) is 43.3 Å². The molecule has 2 aromatic carbocycles. The zero-order chi connectivity index (χ0) is 22.3. The number of carbonyl (C=O) groups excluding carboxylic acids is 2. The lowest BCUT2D eigenvalue weighted by molar-refractivity contribution is -0.117. The number of hydrazine groups is 1. The van der Waals surface area contributed by atoms with Crippen LogP contribution in [0.15, 0.2) is 77.4 Å². The third-order valence-corrected chi connectivity index (χ3v) is 5.46. The minimum atomic E-state index is -0.280. The Morgan fingerprint density at radius 3 is 2.59 bits per heavy atom. The van der Waals surface area contributed by atoms with Gasteiger partial charge in [0, 0.05) is 6.04 Å². The number of para-hydroxylation sites is 1. The fourth-order valence-electron chi connectivity index (χ4n) is 3.73. The van der Waals surface area contributed by atoms with Gasteiger partial charge < -0.3 is 15.1 Å². The highest BCUT2D eigenvalue weighted by atomic mass is 16.3. The Morgan fingerprint density at radius 1 is 1.03 bits per heavy atom. The first-order valence-corrected chi connectivity index (χ1v) is 10.6. The van der Waals surface area contributed by atoms with Crippen LogP contribution in [0.3, 0.4) is 0 Å². The van der Waals surface area contributed by atoms with Crippen molar-refractivity contribution in [2.45, 2.75) is 25.2 Å². The van der Waals surface area contributed by atoms with Crippen LogP contribution >= 0.6 is 0 Å². The molecule has 0 radical (unpaired) electrons. The van der Waals surface area contributed by atoms with E-state index in [0.29, 0.717) is 17.0 Å². The number of hydrogen-bond donors (Lipinski definition) is 4. The van der Waals surface area contributed by atoms with Crippen LogP contribution in [0.5, 0.6) is 0 Å². The maximum Gasteiger partial charge on any atom is 0.253 e. The lowest BCUT2D eigenvalue weighted by atomic mass is 10.0. The monoisotopic (exact) mass is 433 g/mol. The van der Waals surface area contributed by atoms with Crippen LogP contribution in [0, 0.1) is 0 Å². The third-order valence-electron chi connectivity index (χ3n) is 5.46. The van der Waals surface area contributed by atoms with Crippen molar-refractivity contribution >= 4 is 17.5 Å². The van der Waals surface area contributed by atoms with E-state index in [1.54, 1.807) is 42.7 Å². The van der Waals surface area contributed by atoms with Crippen LogP contribution in [-0.4, -0.2) is 36.5 Å². The number of amides is 2. The van der Waals surface area contributed by atoms with Gasteiger partial charge in [0.25, 0.3) is 5.91 Å². The van der Waals surface area contributed by atoms with Crippen LogP contribution in [0.1, 0.15) is 34.1 Å². The molecule has 1 fully saturated rings. The second-order valence-electron chi connectivity index (χ2n) is 7.77. The van der Waals surface area contributed by atoms with E-state index >= 15 is 0 Å². The van der Waals surface area contributed by atoms with Crippen molar-refractivity contribution in [1.29, 1.82) is 0 Å². The summed E-state index contributed by atoms with van der Waals surface area (Å²) in [6.45, 7) is 0.461. The highest BCUT2D eigenvalue weighted by Crippen LogP contribution is 2.23. The average molecular weight is 434 g/mol. The van der Waals surface area contributed by atoms with Gasteiger partial charge in [0.15, 0.2) is 0 Å². The van der Waals surface area contributed by atoms with Crippen molar-refractivity contribution in [1.82, 2.24) is 21.1 Å². The smallest absolute Gasteiger partial charge is 0.253 e. The number of benzene rings is 2. The normalized spacial score (nSPS) is 17.9. The Labute approximate surface area is 187 Å². The van der Waals surface area contributed by atoms with E-state index in [4.69, 9.17) is 4.42 Å². The van der Waals surface area contributed by atoms with E-state index in [1.165, 1.54) is 5.56 Å². The molecule has 0 bridgehead atoms. The van der Waals surface area contributed by atoms with Crippen LogP contribution in [0.25, 0.3) is 0 Å². The van der Waals surface area contributed by atoms with Gasteiger partial charge in [0.2, 0.25) is 5.91 Å². The number of nitrogens with zero attached hydrogens (tertiary/aromatic N) is 1. The molecule has 2 amide bonds. The number of carbonyl (C=O) groups is 2. The van der Waals surface area contributed by atoms with Crippen LogP contribution in [0.2, 0.25) is 0 Å². The van der Waals surface area contributed by atoms with E-state index in [0.717, 1.165) is 6.42 Å². The van der Waals surface area contributed by atoms with E-state index in [2.05, 4.69) is 33.6 Å². The number of rotatable bonds is 8. The van der Waals surface area contributed by atoms with Crippen molar-refractivity contribution in [3.63, 3.8) is 0 Å². The summed E-state index contributed by atoms with van der Waals surface area (Å²) in [4.78, 5) is 27.3. The van der Waals surface area contributed by atoms with Crippen LogP contribution in [0.4, 0.5) is 5.69 Å². The molecule has 2 unspecified atom stereocenters. The van der Waals surface area contributed by atoms with Gasteiger partial charge in [-0.1, -0.05) is 42.5 Å². The van der Waals surface area contributed by atoms with Crippen molar-refractivity contribution in [3.05, 3.63) is 89.9 Å². The first kappa shape index (κ1) is 21.8. The molecule has 1 saturated heterocycles. The minimum Gasteiger partial charge on any atom is -0.467 e. The summed E-state index contributed by atoms with van der Waals surface area (Å²) in [7, 11) is 1.90. The molecule has 1 aromatic heterocycles. The largest absolute Gasteiger partial charge is 0.467 e. The van der Waals surface area contributed by atoms with Gasteiger partial charge in [-0.15, -0.1) is 0 Å². The number of nitrogens with one attached hydrogen (secondary N) is 4. The van der Waals surface area contributed by atoms with E-state index in [9.17, 15) is 9.59 Å². The third kappa shape index (κ3) is 5.42. The Morgan fingerprint density at radius 2 is 1.81 bits per heavy atom. The first-order chi connectivity index (χ1) is 15.6. The summed E-state index contributed by atoms with van der Waals surface area (Å²) in [5.41, 5.74) is 8.63. The molecule has 0 spiro atoms. The molecule has 0 saturated carbocycles. The van der Waals surface area contributed by atoms with E-state index in [1.807, 2.05) is 30.1 Å². The Kier molecular flexibility index (Phi) is 6.96. The fourth-order valence-corrected chi connectivity index (χ4v) is 3.73. The molecular formula is C24H27N5O3. The number of hydrogen-bond acceptors (Lipinski definition) is 6. The minimum absolute atomic E-state index is 0.0118. The van der Waals surface area contributed by atoms with Crippen molar-refractivity contribution in [3.8, 4) is 0 Å². The highest BCUT2D eigenvalue weighted by molar-refractivity contribution is 6.04.